The predicted octanol–water partition coefficient (Wildman–Crippen LogP) is 0.628. The van der Waals surface area contributed by atoms with Crippen molar-refractivity contribution in [1.82, 2.24) is 5.32 Å². The molecule has 0 aliphatic carbocycles. The van der Waals surface area contributed by atoms with Crippen molar-refractivity contribution >= 4 is 5.78 Å². The van der Waals surface area contributed by atoms with Gasteiger partial charge < -0.3 is 14.8 Å². The molecule has 4 nitrogen and oxygen atoms in total. The van der Waals surface area contributed by atoms with Gasteiger partial charge in [0.25, 0.3) is 0 Å². The maximum Gasteiger partial charge on any atom is 0.199 e. The molecule has 0 bridgehead atoms. The van der Waals surface area contributed by atoms with E-state index >= 15 is 0 Å². The molecule has 1 N–H and O–H groups in total. The topological polar surface area (TPSA) is 47.6 Å². The van der Waals surface area contributed by atoms with Gasteiger partial charge in [0.1, 0.15) is 0 Å². The molecule has 2 aliphatic rings. The SMILES string of the molecule is O=C(CC1CNCCO1)C1=CCCCO1. The normalized spacial score (nSPS) is 26.7. The third kappa shape index (κ3) is 3.04. The largest absolute Gasteiger partial charge is 0.490 e. The van der Waals surface area contributed by atoms with Crippen LogP contribution >= 0.6 is 0 Å². The second-order valence-electron chi connectivity index (χ2n) is 3.88. The van der Waals surface area contributed by atoms with Crippen LogP contribution in [0.4, 0.5) is 0 Å². The summed E-state index contributed by atoms with van der Waals surface area (Å²) in [6, 6.07) is 0. The van der Waals surface area contributed by atoms with Gasteiger partial charge >= 0.3 is 0 Å². The zero-order valence-corrected chi connectivity index (χ0v) is 8.83. The summed E-state index contributed by atoms with van der Waals surface area (Å²) < 4.78 is 10.8. The Kier molecular flexibility index (Phi) is 3.75. The minimum absolute atomic E-state index is 0.0117. The van der Waals surface area contributed by atoms with Crippen LogP contribution < -0.4 is 5.32 Å². The van der Waals surface area contributed by atoms with Crippen LogP contribution in [0.3, 0.4) is 0 Å². The fraction of sp³-hybridized carbons (Fsp3) is 0.727. The Morgan fingerprint density at radius 3 is 3.13 bits per heavy atom. The average molecular weight is 211 g/mol. The lowest BCUT2D eigenvalue weighted by Crippen LogP contribution is -2.39. The van der Waals surface area contributed by atoms with Crippen molar-refractivity contribution in [3.8, 4) is 0 Å². The predicted molar refractivity (Wildman–Crippen MR) is 55.5 cm³/mol. The van der Waals surface area contributed by atoms with Crippen LogP contribution in [-0.4, -0.2) is 38.2 Å². The Labute approximate surface area is 89.6 Å². The van der Waals surface area contributed by atoms with Gasteiger partial charge in [-0.3, -0.25) is 4.79 Å². The molecule has 0 aromatic carbocycles. The van der Waals surface area contributed by atoms with Crippen LogP contribution in [0.5, 0.6) is 0 Å². The summed E-state index contributed by atoms with van der Waals surface area (Å²) in [6.45, 7) is 3.00. The van der Waals surface area contributed by atoms with E-state index in [9.17, 15) is 4.79 Å². The number of ether oxygens (including phenoxy) is 2. The van der Waals surface area contributed by atoms with Crippen molar-refractivity contribution in [1.29, 1.82) is 0 Å². The molecule has 0 aromatic heterocycles. The second kappa shape index (κ2) is 5.28. The van der Waals surface area contributed by atoms with Crippen LogP contribution in [0.2, 0.25) is 0 Å². The maximum absolute atomic E-state index is 11.8. The smallest absolute Gasteiger partial charge is 0.199 e. The van der Waals surface area contributed by atoms with Crippen molar-refractivity contribution in [2.24, 2.45) is 0 Å². The lowest BCUT2D eigenvalue weighted by Gasteiger charge is -2.23. The van der Waals surface area contributed by atoms with Crippen molar-refractivity contribution in [2.45, 2.75) is 25.4 Å². The molecule has 4 heteroatoms. The number of nitrogens with one attached hydrogen (secondary N) is 1. The third-order valence-corrected chi connectivity index (χ3v) is 2.63. The van der Waals surface area contributed by atoms with E-state index in [1.165, 1.54) is 0 Å². The Balaban J connectivity index is 1.82. The molecule has 1 unspecified atom stereocenters. The summed E-state index contributed by atoms with van der Waals surface area (Å²) in [7, 11) is 0. The van der Waals surface area contributed by atoms with Gasteiger partial charge in [-0.05, 0) is 18.9 Å². The number of rotatable bonds is 3. The molecule has 2 heterocycles. The monoisotopic (exact) mass is 211 g/mol. The molecule has 1 saturated heterocycles. The standard InChI is InChI=1S/C11H17NO3/c13-10(11-3-1-2-5-15-11)7-9-8-12-4-6-14-9/h3,9,12H,1-2,4-8H2. The molecule has 84 valence electrons. The Bertz CT molecular complexity index is 257. The number of ketones is 1. The molecular weight excluding hydrogens is 194 g/mol. The summed E-state index contributed by atoms with van der Waals surface area (Å²) in [5, 5.41) is 3.21. The zero-order valence-electron chi connectivity index (χ0n) is 8.83. The van der Waals surface area contributed by atoms with Gasteiger partial charge in [-0.15, -0.1) is 0 Å². The zero-order chi connectivity index (χ0) is 10.5. The minimum Gasteiger partial charge on any atom is -0.490 e. The fourth-order valence-corrected chi connectivity index (χ4v) is 1.81. The molecule has 0 spiro atoms. The fourth-order valence-electron chi connectivity index (χ4n) is 1.81. The number of morpholine rings is 1. The molecule has 2 aliphatic heterocycles. The number of carbonyl (C=O) groups is 1. The number of allylic oxidation sites excluding steroid dienone is 2. The first-order valence-corrected chi connectivity index (χ1v) is 5.55. The molecule has 0 amide bonds. The molecule has 1 fully saturated rings. The van der Waals surface area contributed by atoms with E-state index in [1.807, 2.05) is 6.08 Å². The molecule has 1 atom stereocenters. The Morgan fingerprint density at radius 1 is 1.53 bits per heavy atom. The highest BCUT2D eigenvalue weighted by molar-refractivity contribution is 5.93. The lowest BCUT2D eigenvalue weighted by atomic mass is 10.1. The van der Waals surface area contributed by atoms with E-state index in [1.54, 1.807) is 0 Å². The van der Waals surface area contributed by atoms with Crippen molar-refractivity contribution in [2.75, 3.05) is 26.3 Å². The summed E-state index contributed by atoms with van der Waals surface area (Å²) in [6.07, 6.45) is 4.29. The molecular formula is C11H17NO3. The van der Waals surface area contributed by atoms with E-state index in [0.717, 1.165) is 25.9 Å². The van der Waals surface area contributed by atoms with E-state index < -0.39 is 0 Å². The highest BCUT2D eigenvalue weighted by Gasteiger charge is 2.21. The van der Waals surface area contributed by atoms with Gasteiger partial charge in [0, 0.05) is 19.5 Å². The number of hydrogen-bond acceptors (Lipinski definition) is 4. The van der Waals surface area contributed by atoms with E-state index in [2.05, 4.69) is 5.32 Å². The van der Waals surface area contributed by atoms with Gasteiger partial charge in [-0.25, -0.2) is 0 Å². The van der Waals surface area contributed by atoms with Crippen LogP contribution in [0.1, 0.15) is 19.3 Å². The van der Waals surface area contributed by atoms with Crippen molar-refractivity contribution < 1.29 is 14.3 Å². The van der Waals surface area contributed by atoms with Crippen LogP contribution in [0.15, 0.2) is 11.8 Å². The molecule has 0 radical (unpaired) electrons. The quantitative estimate of drug-likeness (QED) is 0.743. The van der Waals surface area contributed by atoms with Crippen LogP contribution in [-0.2, 0) is 14.3 Å². The van der Waals surface area contributed by atoms with Crippen molar-refractivity contribution in [3.05, 3.63) is 11.8 Å². The summed E-state index contributed by atoms with van der Waals surface area (Å²) in [4.78, 5) is 11.8. The number of carbonyl (C=O) groups excluding carboxylic acids is 1. The van der Waals surface area contributed by atoms with Gasteiger partial charge in [-0.2, -0.15) is 0 Å². The van der Waals surface area contributed by atoms with E-state index in [0.29, 0.717) is 25.4 Å². The van der Waals surface area contributed by atoms with Gasteiger partial charge in [0.15, 0.2) is 11.5 Å². The third-order valence-electron chi connectivity index (χ3n) is 2.63. The Morgan fingerprint density at radius 2 is 2.47 bits per heavy atom. The molecule has 0 aromatic rings. The average Bonchev–Trinajstić information content (AvgIpc) is 2.31. The molecule has 0 saturated carbocycles. The van der Waals surface area contributed by atoms with Gasteiger partial charge in [0.2, 0.25) is 0 Å². The van der Waals surface area contributed by atoms with Crippen LogP contribution in [0.25, 0.3) is 0 Å². The first-order valence-electron chi connectivity index (χ1n) is 5.55. The summed E-state index contributed by atoms with van der Waals surface area (Å²) >= 11 is 0. The van der Waals surface area contributed by atoms with E-state index in [4.69, 9.17) is 9.47 Å². The molecule has 15 heavy (non-hydrogen) atoms. The van der Waals surface area contributed by atoms with E-state index in [-0.39, 0.29) is 11.9 Å². The summed E-state index contributed by atoms with van der Waals surface area (Å²) in [5.74, 6) is 0.610. The maximum atomic E-state index is 11.8. The summed E-state index contributed by atoms with van der Waals surface area (Å²) in [5.41, 5.74) is 0. The highest BCUT2D eigenvalue weighted by Crippen LogP contribution is 2.14. The Hall–Kier alpha value is -0.870. The first-order chi connectivity index (χ1) is 7.36. The number of Topliss-reactive ketones (excluding diaryl/α,β-unsaturated/α-hetero) is 1. The lowest BCUT2D eigenvalue weighted by molar-refractivity contribution is -0.122. The first kappa shape index (κ1) is 10.6. The molecule has 2 rings (SSSR count). The highest BCUT2D eigenvalue weighted by atomic mass is 16.5. The minimum atomic E-state index is 0.0117. The second-order valence-corrected chi connectivity index (χ2v) is 3.88. The van der Waals surface area contributed by atoms with Gasteiger partial charge in [-0.1, -0.05) is 0 Å². The van der Waals surface area contributed by atoms with Gasteiger partial charge in [0.05, 0.1) is 19.3 Å². The number of hydrogen-bond donors (Lipinski definition) is 1. The van der Waals surface area contributed by atoms with Crippen LogP contribution in [0, 0.1) is 0 Å². The van der Waals surface area contributed by atoms with Crippen molar-refractivity contribution in [3.63, 3.8) is 0 Å².